The van der Waals surface area contributed by atoms with Gasteiger partial charge < -0.3 is 10.5 Å². The van der Waals surface area contributed by atoms with Crippen molar-refractivity contribution in [3.8, 4) is 5.75 Å². The van der Waals surface area contributed by atoms with Gasteiger partial charge >= 0.3 is 6.61 Å². The molecule has 0 aliphatic rings. The minimum absolute atomic E-state index is 0.0819. The van der Waals surface area contributed by atoms with E-state index in [1.54, 1.807) is 0 Å². The molecule has 0 saturated heterocycles. The molecule has 0 fully saturated rings. The zero-order chi connectivity index (χ0) is 14.7. The standard InChI is InChI=1S/C13H9F4NOS/c14-7-1-3-8(4-2-7)20-12-6-11(19-13(16)17)9(15)5-10(12)18/h1-6,13H,18H2. The number of anilines is 1. The van der Waals surface area contributed by atoms with E-state index in [0.29, 0.717) is 9.79 Å². The maximum Gasteiger partial charge on any atom is 0.387 e. The molecule has 2 aromatic rings. The molecule has 0 spiro atoms. The second kappa shape index (κ2) is 6.04. The quantitative estimate of drug-likeness (QED) is 0.675. The summed E-state index contributed by atoms with van der Waals surface area (Å²) in [6.45, 7) is -3.13. The number of benzene rings is 2. The first-order valence-corrected chi connectivity index (χ1v) is 6.24. The predicted molar refractivity (Wildman–Crippen MR) is 68.0 cm³/mol. The molecule has 0 radical (unpaired) electrons. The second-order valence-corrected chi connectivity index (χ2v) is 4.87. The molecule has 0 amide bonds. The first kappa shape index (κ1) is 14.5. The van der Waals surface area contributed by atoms with Crippen LogP contribution in [0.5, 0.6) is 5.75 Å². The normalized spacial score (nSPS) is 10.8. The molecule has 7 heteroatoms. The van der Waals surface area contributed by atoms with Gasteiger partial charge in [0.15, 0.2) is 11.6 Å². The van der Waals surface area contributed by atoms with Gasteiger partial charge in [0.05, 0.1) is 0 Å². The van der Waals surface area contributed by atoms with Crippen molar-refractivity contribution < 1.29 is 22.3 Å². The van der Waals surface area contributed by atoms with E-state index in [9.17, 15) is 17.6 Å². The van der Waals surface area contributed by atoms with Crippen molar-refractivity contribution in [1.82, 2.24) is 0 Å². The van der Waals surface area contributed by atoms with Crippen LogP contribution >= 0.6 is 11.8 Å². The topological polar surface area (TPSA) is 35.2 Å². The fourth-order valence-corrected chi connectivity index (χ4v) is 2.32. The van der Waals surface area contributed by atoms with Gasteiger partial charge in [-0.15, -0.1) is 0 Å². The Hall–Kier alpha value is -1.89. The van der Waals surface area contributed by atoms with Crippen LogP contribution in [0.2, 0.25) is 0 Å². The molecule has 0 unspecified atom stereocenters. The molecule has 2 rings (SSSR count). The Morgan fingerprint density at radius 1 is 1.05 bits per heavy atom. The highest BCUT2D eigenvalue weighted by atomic mass is 32.2. The second-order valence-electron chi connectivity index (χ2n) is 3.75. The molecule has 0 aromatic heterocycles. The monoisotopic (exact) mass is 303 g/mol. The lowest BCUT2D eigenvalue weighted by Gasteiger charge is -2.10. The number of alkyl halides is 2. The van der Waals surface area contributed by atoms with Gasteiger partial charge in [-0.3, -0.25) is 0 Å². The van der Waals surface area contributed by atoms with Crippen molar-refractivity contribution >= 4 is 17.4 Å². The number of rotatable bonds is 4. The molecule has 0 bridgehead atoms. The molecular formula is C13H9F4NOS. The first-order chi connectivity index (χ1) is 9.45. The van der Waals surface area contributed by atoms with Crippen LogP contribution in [0.25, 0.3) is 0 Å². The van der Waals surface area contributed by atoms with Crippen LogP contribution in [0.4, 0.5) is 23.2 Å². The fraction of sp³-hybridized carbons (Fsp3) is 0.0769. The Labute approximate surface area is 116 Å². The zero-order valence-corrected chi connectivity index (χ0v) is 10.8. The van der Waals surface area contributed by atoms with Gasteiger partial charge in [0.25, 0.3) is 0 Å². The van der Waals surface area contributed by atoms with Crippen LogP contribution in [-0.4, -0.2) is 6.61 Å². The number of hydrogen-bond donors (Lipinski definition) is 1. The van der Waals surface area contributed by atoms with Gasteiger partial charge in [0.1, 0.15) is 5.82 Å². The lowest BCUT2D eigenvalue weighted by atomic mass is 10.3. The highest BCUT2D eigenvalue weighted by Gasteiger charge is 2.14. The molecule has 0 atom stereocenters. The summed E-state index contributed by atoms with van der Waals surface area (Å²) in [5.74, 6) is -1.95. The van der Waals surface area contributed by atoms with Gasteiger partial charge in [-0.25, -0.2) is 8.78 Å². The average molecular weight is 303 g/mol. The van der Waals surface area contributed by atoms with E-state index < -0.39 is 24.0 Å². The lowest BCUT2D eigenvalue weighted by Crippen LogP contribution is -2.04. The molecule has 2 nitrogen and oxygen atoms in total. The summed E-state index contributed by atoms with van der Waals surface area (Å²) in [6, 6.07) is 7.48. The third-order valence-corrected chi connectivity index (χ3v) is 3.40. The third-order valence-electron chi connectivity index (χ3n) is 2.32. The number of halogens is 4. The van der Waals surface area contributed by atoms with Crippen molar-refractivity contribution in [3.05, 3.63) is 48.0 Å². The summed E-state index contributed by atoms with van der Waals surface area (Å²) in [5, 5.41) is 0. The van der Waals surface area contributed by atoms with E-state index in [0.717, 1.165) is 23.9 Å². The maximum absolute atomic E-state index is 13.4. The van der Waals surface area contributed by atoms with Crippen molar-refractivity contribution in [1.29, 1.82) is 0 Å². The van der Waals surface area contributed by atoms with Crippen molar-refractivity contribution in [2.75, 3.05) is 5.73 Å². The zero-order valence-electron chi connectivity index (χ0n) is 9.95. The highest BCUT2D eigenvalue weighted by molar-refractivity contribution is 7.99. The number of nitrogens with two attached hydrogens (primary N) is 1. The Morgan fingerprint density at radius 3 is 2.30 bits per heavy atom. The molecule has 20 heavy (non-hydrogen) atoms. The van der Waals surface area contributed by atoms with Crippen LogP contribution in [0, 0.1) is 11.6 Å². The van der Waals surface area contributed by atoms with Gasteiger partial charge in [-0.2, -0.15) is 8.78 Å². The summed E-state index contributed by atoms with van der Waals surface area (Å²) in [6.07, 6.45) is 0. The minimum atomic E-state index is -3.13. The van der Waals surface area contributed by atoms with Crippen LogP contribution in [0.3, 0.4) is 0 Å². The van der Waals surface area contributed by atoms with Gasteiger partial charge in [0.2, 0.25) is 0 Å². The summed E-state index contributed by atoms with van der Waals surface area (Å²) in [5.41, 5.74) is 5.70. The van der Waals surface area contributed by atoms with Crippen molar-refractivity contribution in [2.24, 2.45) is 0 Å². The summed E-state index contributed by atoms with van der Waals surface area (Å²) in [4.78, 5) is 0.973. The van der Waals surface area contributed by atoms with E-state index in [1.807, 2.05) is 0 Å². The Morgan fingerprint density at radius 2 is 1.70 bits per heavy atom. The predicted octanol–water partition coefficient (Wildman–Crippen LogP) is 4.30. The van der Waals surface area contributed by atoms with E-state index in [1.165, 1.54) is 24.3 Å². The van der Waals surface area contributed by atoms with Gasteiger partial charge in [-0.05, 0) is 30.3 Å². The Balaban J connectivity index is 2.28. The summed E-state index contributed by atoms with van der Waals surface area (Å²) in [7, 11) is 0. The fourth-order valence-electron chi connectivity index (χ4n) is 1.45. The third kappa shape index (κ3) is 3.57. The molecule has 2 N–H and O–H groups in total. The number of nitrogen functional groups attached to an aromatic ring is 1. The molecular weight excluding hydrogens is 294 g/mol. The largest absolute Gasteiger partial charge is 0.432 e. The molecule has 0 aliphatic carbocycles. The van der Waals surface area contributed by atoms with Gasteiger partial charge in [0, 0.05) is 21.5 Å². The highest BCUT2D eigenvalue weighted by Crippen LogP contribution is 2.36. The van der Waals surface area contributed by atoms with Crippen LogP contribution in [0.1, 0.15) is 0 Å². The minimum Gasteiger partial charge on any atom is -0.432 e. The number of ether oxygens (including phenoxy) is 1. The Kier molecular flexibility index (Phi) is 4.39. The van der Waals surface area contributed by atoms with E-state index in [-0.39, 0.29) is 5.69 Å². The molecule has 0 aliphatic heterocycles. The SMILES string of the molecule is Nc1cc(F)c(OC(F)F)cc1Sc1ccc(F)cc1. The van der Waals surface area contributed by atoms with Crippen molar-refractivity contribution in [2.45, 2.75) is 16.4 Å². The van der Waals surface area contributed by atoms with Gasteiger partial charge in [-0.1, -0.05) is 11.8 Å². The summed E-state index contributed by atoms with van der Waals surface area (Å²) >= 11 is 1.09. The molecule has 0 heterocycles. The lowest BCUT2D eigenvalue weighted by molar-refractivity contribution is -0.0523. The smallest absolute Gasteiger partial charge is 0.387 e. The van der Waals surface area contributed by atoms with E-state index in [4.69, 9.17) is 5.73 Å². The van der Waals surface area contributed by atoms with Crippen molar-refractivity contribution in [3.63, 3.8) is 0 Å². The van der Waals surface area contributed by atoms with E-state index >= 15 is 0 Å². The van der Waals surface area contributed by atoms with E-state index in [2.05, 4.69) is 4.74 Å². The van der Waals surface area contributed by atoms with Crippen LogP contribution in [-0.2, 0) is 0 Å². The summed E-state index contributed by atoms with van der Waals surface area (Å²) < 4.78 is 54.5. The molecule has 2 aromatic carbocycles. The first-order valence-electron chi connectivity index (χ1n) is 5.43. The van der Waals surface area contributed by atoms with Crippen LogP contribution < -0.4 is 10.5 Å². The average Bonchev–Trinajstić information content (AvgIpc) is 2.37. The van der Waals surface area contributed by atoms with Crippen LogP contribution in [0.15, 0.2) is 46.2 Å². The Bertz CT molecular complexity index is 604. The number of hydrogen-bond acceptors (Lipinski definition) is 3. The molecule has 0 saturated carbocycles. The maximum atomic E-state index is 13.4. The molecule has 106 valence electrons.